The summed E-state index contributed by atoms with van der Waals surface area (Å²) in [5, 5.41) is 23.2. The Kier molecular flexibility index (Phi) is 13.1. The molecule has 0 saturated carbocycles. The molecule has 12 heteroatoms. The number of aliphatic carboxylic acids is 1. The maximum Gasteiger partial charge on any atom is 1.00 e. The van der Waals surface area contributed by atoms with Crippen molar-refractivity contribution in [2.24, 2.45) is 0 Å². The Morgan fingerprint density at radius 1 is 1.06 bits per heavy atom. The molecule has 3 rings (SSSR count). The second kappa shape index (κ2) is 15.5. The first-order valence-corrected chi connectivity index (χ1v) is 14.0. The van der Waals surface area contributed by atoms with Crippen LogP contribution in [0.4, 0.5) is 4.79 Å². The first kappa shape index (κ1) is 30.5. The molecule has 188 valence electrons. The van der Waals surface area contributed by atoms with Crippen LogP contribution in [-0.4, -0.2) is 33.8 Å². The number of thiophene rings is 2. The summed E-state index contributed by atoms with van der Waals surface area (Å²) in [6, 6.07) is 5.68. The van der Waals surface area contributed by atoms with Gasteiger partial charge in [0.05, 0.1) is 29.8 Å². The first-order chi connectivity index (χ1) is 16.9. The second-order valence-electron chi connectivity index (χ2n) is 8.09. The van der Waals surface area contributed by atoms with Crippen molar-refractivity contribution in [3.8, 4) is 0 Å². The minimum atomic E-state index is -1.29. The Bertz CT molecular complexity index is 1050. The molecule has 3 aromatic rings. The fraction of sp³-hybridized carbons (Fsp3) is 0.417. The number of carbonyl (C=O) groups is 3. The number of carbonyl (C=O) groups excluding carboxylic acids is 3. The van der Waals surface area contributed by atoms with Gasteiger partial charge in [-0.25, -0.2) is 9.78 Å². The van der Waals surface area contributed by atoms with Crippen molar-refractivity contribution >= 4 is 51.9 Å². The number of unbranched alkanes of at least 4 members (excludes halogenated alkanes) is 1. The van der Waals surface area contributed by atoms with Gasteiger partial charge in [0.1, 0.15) is 6.04 Å². The van der Waals surface area contributed by atoms with Gasteiger partial charge in [-0.3, -0.25) is 4.79 Å². The SMILES string of the molecule is CCCC[C@H](NC(=O)N[C@@H](CC(=O)[O-])c1csc(C)n1)C(=O)N(Cc1cccs1)Cc1cccs1.[Na+]. The zero-order valence-electron chi connectivity index (χ0n) is 20.7. The number of carboxylic acids is 1. The molecule has 0 bridgehead atoms. The minimum absolute atomic E-state index is 0. The van der Waals surface area contributed by atoms with E-state index in [0.717, 1.165) is 27.6 Å². The zero-order valence-corrected chi connectivity index (χ0v) is 25.1. The molecule has 0 aromatic carbocycles. The Balaban J connectivity index is 0.00000456. The summed E-state index contributed by atoms with van der Waals surface area (Å²) in [5.74, 6) is -1.46. The number of thiazole rings is 1. The maximum absolute atomic E-state index is 13.7. The molecule has 0 spiro atoms. The van der Waals surface area contributed by atoms with Gasteiger partial charge in [-0.1, -0.05) is 31.9 Å². The topological polar surface area (TPSA) is 114 Å². The fourth-order valence-electron chi connectivity index (χ4n) is 3.57. The molecule has 3 amide bonds. The van der Waals surface area contributed by atoms with Gasteiger partial charge >= 0.3 is 35.6 Å². The molecule has 3 aromatic heterocycles. The van der Waals surface area contributed by atoms with Crippen LogP contribution in [0.5, 0.6) is 0 Å². The Morgan fingerprint density at radius 3 is 2.17 bits per heavy atom. The van der Waals surface area contributed by atoms with E-state index in [0.29, 0.717) is 25.2 Å². The van der Waals surface area contributed by atoms with E-state index in [1.165, 1.54) is 11.3 Å². The number of carboxylic acid groups (broad SMARTS) is 1. The summed E-state index contributed by atoms with van der Waals surface area (Å²) in [5.41, 5.74) is 0.459. The number of urea groups is 1. The van der Waals surface area contributed by atoms with E-state index in [-0.39, 0.29) is 35.5 Å². The van der Waals surface area contributed by atoms with Crippen LogP contribution < -0.4 is 45.3 Å². The maximum atomic E-state index is 13.7. The Hall–Kier alpha value is -1.76. The quantitative estimate of drug-likeness (QED) is 0.303. The third-order valence-corrected chi connectivity index (χ3v) is 7.80. The third-order valence-electron chi connectivity index (χ3n) is 5.28. The van der Waals surface area contributed by atoms with Gasteiger partial charge in [-0.15, -0.1) is 34.0 Å². The second-order valence-corrected chi connectivity index (χ2v) is 11.2. The van der Waals surface area contributed by atoms with Crippen LogP contribution in [0.15, 0.2) is 40.4 Å². The standard InChI is InChI=1S/C24H30N4O4S3.Na/c1-3-4-9-19(26-24(32)27-20(12-22(29)30)21-15-35-16(2)25-21)23(31)28(13-17-7-5-10-33-17)14-18-8-6-11-34-18;/h5-8,10-11,15,19-20H,3-4,9,12-14H2,1-2H3,(H,29,30)(H2,26,27,32);/q;+1/p-1/t19-,20-;/m0./s1. The van der Waals surface area contributed by atoms with Crippen molar-refractivity contribution in [2.75, 3.05) is 0 Å². The van der Waals surface area contributed by atoms with Crippen molar-refractivity contribution in [3.05, 3.63) is 60.9 Å². The molecule has 2 atom stereocenters. The van der Waals surface area contributed by atoms with Crippen LogP contribution in [0.1, 0.15) is 59.1 Å². The zero-order chi connectivity index (χ0) is 25.2. The van der Waals surface area contributed by atoms with E-state index >= 15 is 0 Å². The molecule has 0 saturated heterocycles. The van der Waals surface area contributed by atoms with Crippen molar-refractivity contribution in [2.45, 2.75) is 64.7 Å². The van der Waals surface area contributed by atoms with Gasteiger partial charge in [0, 0.05) is 27.5 Å². The summed E-state index contributed by atoms with van der Waals surface area (Å²) in [7, 11) is 0. The Morgan fingerprint density at radius 2 is 1.69 bits per heavy atom. The van der Waals surface area contributed by atoms with Gasteiger partial charge < -0.3 is 25.4 Å². The van der Waals surface area contributed by atoms with E-state index in [1.54, 1.807) is 39.9 Å². The number of hydrogen-bond donors (Lipinski definition) is 2. The number of hydrogen-bond acceptors (Lipinski definition) is 8. The molecule has 0 fully saturated rings. The summed E-state index contributed by atoms with van der Waals surface area (Å²) in [6.45, 7) is 4.73. The normalized spacial score (nSPS) is 12.3. The van der Waals surface area contributed by atoms with E-state index in [1.807, 2.05) is 41.9 Å². The number of aromatic nitrogens is 1. The van der Waals surface area contributed by atoms with Gasteiger partial charge in [0.2, 0.25) is 5.91 Å². The minimum Gasteiger partial charge on any atom is -0.550 e. The van der Waals surface area contributed by atoms with Crippen LogP contribution in [0, 0.1) is 6.92 Å². The van der Waals surface area contributed by atoms with Gasteiger partial charge in [-0.05, 0) is 36.2 Å². The van der Waals surface area contributed by atoms with Gasteiger partial charge in [-0.2, -0.15) is 0 Å². The van der Waals surface area contributed by atoms with Crippen LogP contribution in [-0.2, 0) is 22.7 Å². The summed E-state index contributed by atoms with van der Waals surface area (Å²) >= 11 is 4.53. The largest absolute Gasteiger partial charge is 1.00 e. The predicted octanol–water partition coefficient (Wildman–Crippen LogP) is 0.847. The van der Waals surface area contributed by atoms with Crippen molar-refractivity contribution < 1.29 is 49.0 Å². The predicted molar refractivity (Wildman–Crippen MR) is 137 cm³/mol. The molecule has 0 aliphatic heterocycles. The number of aryl methyl sites for hydroxylation is 1. The molecule has 0 aliphatic carbocycles. The van der Waals surface area contributed by atoms with Crippen LogP contribution in [0.2, 0.25) is 0 Å². The third kappa shape index (κ3) is 9.60. The molecule has 36 heavy (non-hydrogen) atoms. The number of nitrogens with zero attached hydrogens (tertiary/aromatic N) is 2. The average molecular weight is 557 g/mol. The molecule has 0 aliphatic rings. The number of amides is 3. The summed E-state index contributed by atoms with van der Waals surface area (Å²) in [6.07, 6.45) is 1.70. The van der Waals surface area contributed by atoms with E-state index in [9.17, 15) is 19.5 Å². The molecule has 3 heterocycles. The van der Waals surface area contributed by atoms with E-state index in [2.05, 4.69) is 15.6 Å². The summed E-state index contributed by atoms with van der Waals surface area (Å²) in [4.78, 5) is 46.0. The van der Waals surface area contributed by atoms with Crippen molar-refractivity contribution in [3.63, 3.8) is 0 Å². The van der Waals surface area contributed by atoms with E-state index < -0.39 is 30.5 Å². The van der Waals surface area contributed by atoms with Gasteiger partial charge in [0.15, 0.2) is 0 Å². The van der Waals surface area contributed by atoms with Crippen LogP contribution in [0.3, 0.4) is 0 Å². The average Bonchev–Trinajstić information content (AvgIpc) is 3.58. The molecule has 8 nitrogen and oxygen atoms in total. The van der Waals surface area contributed by atoms with Crippen LogP contribution in [0.25, 0.3) is 0 Å². The van der Waals surface area contributed by atoms with Crippen molar-refractivity contribution in [1.82, 2.24) is 20.5 Å². The first-order valence-electron chi connectivity index (χ1n) is 11.4. The molecule has 0 radical (unpaired) electrons. The smallest absolute Gasteiger partial charge is 0.550 e. The number of rotatable bonds is 13. The monoisotopic (exact) mass is 556 g/mol. The van der Waals surface area contributed by atoms with Gasteiger partial charge in [0.25, 0.3) is 0 Å². The fourth-order valence-corrected chi connectivity index (χ4v) is 5.68. The number of nitrogens with one attached hydrogen (secondary N) is 2. The van der Waals surface area contributed by atoms with E-state index in [4.69, 9.17) is 0 Å². The van der Waals surface area contributed by atoms with Crippen molar-refractivity contribution in [1.29, 1.82) is 0 Å². The summed E-state index contributed by atoms with van der Waals surface area (Å²) < 4.78 is 0. The molecular formula is C24H29N4NaO4S3. The molecule has 0 unspecified atom stereocenters. The van der Waals surface area contributed by atoms with Crippen LogP contribution >= 0.6 is 34.0 Å². The molecular weight excluding hydrogens is 527 g/mol. The molecule has 2 N–H and O–H groups in total. The Labute approximate surface area is 245 Å².